The largest absolute Gasteiger partial charge is 0.393 e. The lowest BCUT2D eigenvalue weighted by molar-refractivity contribution is -0.108. The molecule has 1 aliphatic rings. The molecule has 0 radical (unpaired) electrons. The van der Waals surface area contributed by atoms with Crippen molar-refractivity contribution in [1.82, 2.24) is 4.90 Å². The monoisotopic (exact) mass is 171 g/mol. The van der Waals surface area contributed by atoms with Crippen molar-refractivity contribution in [3.63, 3.8) is 0 Å². The maximum absolute atomic E-state index is 10.1. The van der Waals surface area contributed by atoms with E-state index in [4.69, 9.17) is 0 Å². The summed E-state index contributed by atoms with van der Waals surface area (Å²) in [4.78, 5) is 12.3. The number of carbonyl (C=O) groups excluding carboxylic acids is 1. The highest BCUT2D eigenvalue weighted by atomic mass is 16.3. The van der Waals surface area contributed by atoms with Gasteiger partial charge in [0, 0.05) is 19.5 Å². The molecular formula is C9H17NO2. The SMILES string of the molecule is CC(O)C1CCN(CCC=O)C1. The van der Waals surface area contributed by atoms with Crippen LogP contribution in [0.1, 0.15) is 19.8 Å². The van der Waals surface area contributed by atoms with Crippen molar-refractivity contribution in [1.29, 1.82) is 0 Å². The summed E-state index contributed by atoms with van der Waals surface area (Å²) in [6.45, 7) is 4.68. The normalized spacial score (nSPS) is 27.3. The van der Waals surface area contributed by atoms with E-state index < -0.39 is 0 Å². The van der Waals surface area contributed by atoms with Crippen molar-refractivity contribution >= 4 is 6.29 Å². The van der Waals surface area contributed by atoms with E-state index in [1.165, 1.54) is 0 Å². The van der Waals surface area contributed by atoms with Crippen molar-refractivity contribution in [2.75, 3.05) is 19.6 Å². The first kappa shape index (κ1) is 9.68. The second-order valence-electron chi connectivity index (χ2n) is 3.55. The van der Waals surface area contributed by atoms with Gasteiger partial charge in [0.2, 0.25) is 0 Å². The molecule has 0 saturated carbocycles. The third-order valence-corrected chi connectivity index (χ3v) is 2.55. The molecule has 12 heavy (non-hydrogen) atoms. The molecule has 3 nitrogen and oxygen atoms in total. The lowest BCUT2D eigenvalue weighted by Crippen LogP contribution is -2.25. The standard InChI is InChI=1S/C9H17NO2/c1-8(12)9-3-5-10(7-9)4-2-6-11/h6,8-9,12H,2-5,7H2,1H3. The fourth-order valence-corrected chi connectivity index (χ4v) is 1.69. The summed E-state index contributed by atoms with van der Waals surface area (Å²) in [5.41, 5.74) is 0. The van der Waals surface area contributed by atoms with Crippen LogP contribution in [0.25, 0.3) is 0 Å². The van der Waals surface area contributed by atoms with Crippen LogP contribution in [0.15, 0.2) is 0 Å². The summed E-state index contributed by atoms with van der Waals surface area (Å²) in [6.07, 6.45) is 2.44. The average Bonchev–Trinajstić information content (AvgIpc) is 2.48. The van der Waals surface area contributed by atoms with Gasteiger partial charge in [0.1, 0.15) is 6.29 Å². The van der Waals surface area contributed by atoms with Gasteiger partial charge in [-0.15, -0.1) is 0 Å². The van der Waals surface area contributed by atoms with E-state index in [0.717, 1.165) is 32.3 Å². The number of hydrogen-bond acceptors (Lipinski definition) is 3. The molecule has 0 amide bonds. The van der Waals surface area contributed by atoms with Gasteiger partial charge in [0.25, 0.3) is 0 Å². The van der Waals surface area contributed by atoms with E-state index in [0.29, 0.717) is 12.3 Å². The lowest BCUT2D eigenvalue weighted by Gasteiger charge is -2.15. The van der Waals surface area contributed by atoms with Gasteiger partial charge in [0.05, 0.1) is 6.10 Å². The molecule has 2 unspecified atom stereocenters. The Morgan fingerprint density at radius 1 is 1.75 bits per heavy atom. The van der Waals surface area contributed by atoms with Gasteiger partial charge in [-0.1, -0.05) is 0 Å². The molecule has 1 fully saturated rings. The zero-order valence-electron chi connectivity index (χ0n) is 7.57. The number of carbonyl (C=O) groups is 1. The van der Waals surface area contributed by atoms with E-state index in [1.54, 1.807) is 0 Å². The van der Waals surface area contributed by atoms with Gasteiger partial charge in [0.15, 0.2) is 0 Å². The van der Waals surface area contributed by atoms with Crippen molar-refractivity contribution in [3.8, 4) is 0 Å². The third kappa shape index (κ3) is 2.57. The summed E-state index contributed by atoms with van der Waals surface area (Å²) in [7, 11) is 0. The molecule has 0 aromatic carbocycles. The van der Waals surface area contributed by atoms with Crippen molar-refractivity contribution in [2.45, 2.75) is 25.9 Å². The minimum absolute atomic E-state index is 0.203. The Hall–Kier alpha value is -0.410. The van der Waals surface area contributed by atoms with E-state index in [2.05, 4.69) is 4.90 Å². The molecule has 1 heterocycles. The third-order valence-electron chi connectivity index (χ3n) is 2.55. The van der Waals surface area contributed by atoms with Crippen LogP contribution in [-0.2, 0) is 4.79 Å². The van der Waals surface area contributed by atoms with Crippen LogP contribution in [0.2, 0.25) is 0 Å². The zero-order valence-corrected chi connectivity index (χ0v) is 7.57. The lowest BCUT2D eigenvalue weighted by atomic mass is 10.0. The number of likely N-dealkylation sites (tertiary alicyclic amines) is 1. The molecule has 2 atom stereocenters. The Kier molecular flexibility index (Phi) is 3.69. The number of aldehydes is 1. The van der Waals surface area contributed by atoms with Crippen molar-refractivity contribution in [2.24, 2.45) is 5.92 Å². The Bertz CT molecular complexity index is 147. The van der Waals surface area contributed by atoms with Gasteiger partial charge < -0.3 is 14.8 Å². The minimum Gasteiger partial charge on any atom is -0.393 e. The first-order valence-corrected chi connectivity index (χ1v) is 4.58. The van der Waals surface area contributed by atoms with E-state index >= 15 is 0 Å². The fourth-order valence-electron chi connectivity index (χ4n) is 1.69. The highest BCUT2D eigenvalue weighted by Gasteiger charge is 2.24. The second-order valence-corrected chi connectivity index (χ2v) is 3.55. The van der Waals surface area contributed by atoms with Crippen LogP contribution in [0.3, 0.4) is 0 Å². The number of nitrogens with zero attached hydrogens (tertiary/aromatic N) is 1. The predicted octanol–water partition coefficient (Wildman–Crippen LogP) is 0.278. The summed E-state index contributed by atoms with van der Waals surface area (Å²) in [5.74, 6) is 0.414. The molecule has 0 spiro atoms. The number of rotatable bonds is 4. The molecule has 0 bridgehead atoms. The highest BCUT2D eigenvalue weighted by molar-refractivity contribution is 5.49. The molecule has 0 aromatic rings. The second kappa shape index (κ2) is 4.58. The Morgan fingerprint density at radius 2 is 2.50 bits per heavy atom. The van der Waals surface area contributed by atoms with E-state index in [-0.39, 0.29) is 6.10 Å². The van der Waals surface area contributed by atoms with Gasteiger partial charge >= 0.3 is 0 Å². The smallest absolute Gasteiger partial charge is 0.121 e. The van der Waals surface area contributed by atoms with Crippen LogP contribution >= 0.6 is 0 Å². The Labute approximate surface area is 73.4 Å². The van der Waals surface area contributed by atoms with Gasteiger partial charge in [-0.05, 0) is 25.8 Å². The van der Waals surface area contributed by atoms with E-state index in [1.807, 2.05) is 6.92 Å². The highest BCUT2D eigenvalue weighted by Crippen LogP contribution is 2.19. The quantitative estimate of drug-likeness (QED) is 0.618. The summed E-state index contributed by atoms with van der Waals surface area (Å²) in [5, 5.41) is 9.30. The Morgan fingerprint density at radius 3 is 3.00 bits per heavy atom. The summed E-state index contributed by atoms with van der Waals surface area (Å²) < 4.78 is 0. The summed E-state index contributed by atoms with van der Waals surface area (Å²) >= 11 is 0. The predicted molar refractivity (Wildman–Crippen MR) is 46.9 cm³/mol. The first-order chi connectivity index (χ1) is 5.74. The molecule has 1 aliphatic heterocycles. The molecule has 0 aromatic heterocycles. The summed E-state index contributed by atoms with van der Waals surface area (Å²) in [6, 6.07) is 0. The van der Waals surface area contributed by atoms with Crippen LogP contribution < -0.4 is 0 Å². The maximum Gasteiger partial charge on any atom is 0.121 e. The van der Waals surface area contributed by atoms with E-state index in [9.17, 15) is 9.90 Å². The molecule has 0 aliphatic carbocycles. The zero-order chi connectivity index (χ0) is 8.97. The minimum atomic E-state index is -0.203. The molecule has 3 heteroatoms. The maximum atomic E-state index is 10.1. The van der Waals surface area contributed by atoms with Gasteiger partial charge in [-0.2, -0.15) is 0 Å². The topological polar surface area (TPSA) is 40.5 Å². The molecular weight excluding hydrogens is 154 g/mol. The molecule has 70 valence electrons. The van der Waals surface area contributed by atoms with Crippen molar-refractivity contribution < 1.29 is 9.90 Å². The number of aliphatic hydroxyl groups excluding tert-OH is 1. The Balaban J connectivity index is 2.21. The molecule has 1 saturated heterocycles. The molecule has 1 rings (SSSR count). The number of aliphatic hydroxyl groups is 1. The van der Waals surface area contributed by atoms with Gasteiger partial charge in [-0.25, -0.2) is 0 Å². The van der Waals surface area contributed by atoms with Crippen LogP contribution in [0.4, 0.5) is 0 Å². The average molecular weight is 171 g/mol. The number of hydrogen-bond donors (Lipinski definition) is 1. The van der Waals surface area contributed by atoms with Crippen LogP contribution in [-0.4, -0.2) is 42.0 Å². The van der Waals surface area contributed by atoms with Crippen molar-refractivity contribution in [3.05, 3.63) is 0 Å². The first-order valence-electron chi connectivity index (χ1n) is 4.58. The van der Waals surface area contributed by atoms with Crippen LogP contribution in [0, 0.1) is 5.92 Å². The molecule has 1 N–H and O–H groups in total. The fraction of sp³-hybridized carbons (Fsp3) is 0.889. The van der Waals surface area contributed by atoms with Crippen LogP contribution in [0.5, 0.6) is 0 Å². The van der Waals surface area contributed by atoms with Gasteiger partial charge in [-0.3, -0.25) is 0 Å².